The summed E-state index contributed by atoms with van der Waals surface area (Å²) in [6.07, 6.45) is 3.37. The molecule has 5 nitrogen and oxygen atoms in total. The van der Waals surface area contributed by atoms with Crippen molar-refractivity contribution in [3.8, 4) is 6.07 Å². The Hall–Kier alpha value is -0.780. The third kappa shape index (κ3) is 6.37. The highest BCUT2D eigenvalue weighted by Crippen LogP contribution is 2.37. The number of rotatable bonds is 5. The van der Waals surface area contributed by atoms with Gasteiger partial charge in [0.15, 0.2) is 5.11 Å². The van der Waals surface area contributed by atoms with E-state index in [1.54, 1.807) is 0 Å². The van der Waals surface area contributed by atoms with Crippen molar-refractivity contribution in [1.29, 1.82) is 5.26 Å². The van der Waals surface area contributed by atoms with Crippen molar-refractivity contribution in [2.45, 2.75) is 55.9 Å². The lowest BCUT2D eigenvalue weighted by atomic mass is 9.96. The number of hydrogen-bond acceptors (Lipinski definition) is 4. The molecule has 1 aromatic rings. The normalized spacial score (nSPS) is 14.9. The molecule has 0 saturated heterocycles. The van der Waals surface area contributed by atoms with Crippen LogP contribution in [0.25, 0.3) is 0 Å². The molecule has 1 aliphatic carbocycles. The van der Waals surface area contributed by atoms with Gasteiger partial charge in [-0.25, -0.2) is 0 Å². The summed E-state index contributed by atoms with van der Waals surface area (Å²) in [4.78, 5) is 13.3. The van der Waals surface area contributed by atoms with Gasteiger partial charge in [0.25, 0.3) is 0 Å². The predicted octanol–water partition coefficient (Wildman–Crippen LogP) is 4.64. The minimum Gasteiger partial charge on any atom is -0.339 e. The van der Waals surface area contributed by atoms with Crippen LogP contribution in [-0.2, 0) is 17.6 Å². The van der Waals surface area contributed by atoms with E-state index in [1.807, 2.05) is 13.8 Å². The fourth-order valence-electron chi connectivity index (χ4n) is 2.83. The molecule has 0 spiro atoms. The van der Waals surface area contributed by atoms with Crippen LogP contribution in [0.2, 0.25) is 0 Å². The number of anilines is 1. The van der Waals surface area contributed by atoms with Gasteiger partial charge >= 0.3 is 0 Å². The highest BCUT2D eigenvalue weighted by atomic mass is 35.6. The highest BCUT2D eigenvalue weighted by molar-refractivity contribution is 7.80. The van der Waals surface area contributed by atoms with Crippen molar-refractivity contribution in [1.82, 2.24) is 10.6 Å². The first kappa shape index (κ1) is 22.5. The molecule has 10 heteroatoms. The molecule has 0 unspecified atom stereocenters. The Kier molecular flexibility index (Phi) is 8.02. The fourth-order valence-corrected chi connectivity index (χ4v) is 4.69. The average Bonchev–Trinajstić information content (AvgIpc) is 2.89. The molecule has 1 atom stereocenters. The number of thiophene rings is 1. The van der Waals surface area contributed by atoms with Crippen LogP contribution < -0.4 is 16.0 Å². The van der Waals surface area contributed by atoms with Gasteiger partial charge in [0.05, 0.1) is 5.56 Å². The fraction of sp³-hybridized carbons (Fsp3) is 0.588. The number of alkyl halides is 3. The van der Waals surface area contributed by atoms with Crippen LogP contribution in [0.1, 0.15) is 49.1 Å². The predicted molar refractivity (Wildman–Crippen MR) is 117 cm³/mol. The van der Waals surface area contributed by atoms with Crippen molar-refractivity contribution in [3.63, 3.8) is 0 Å². The summed E-state index contributed by atoms with van der Waals surface area (Å²) in [5.74, 6) is -0.0809. The minimum absolute atomic E-state index is 0.168. The number of amides is 1. The van der Waals surface area contributed by atoms with Gasteiger partial charge < -0.3 is 16.0 Å². The lowest BCUT2D eigenvalue weighted by molar-refractivity contribution is -0.122. The molecular formula is C17H21Cl3N4OS2. The number of aryl methyl sites for hydroxylation is 1. The summed E-state index contributed by atoms with van der Waals surface area (Å²) in [5, 5.41) is 18.9. The van der Waals surface area contributed by atoms with E-state index in [2.05, 4.69) is 22.0 Å². The molecule has 27 heavy (non-hydrogen) atoms. The maximum Gasteiger partial charge on any atom is 0.228 e. The maximum absolute atomic E-state index is 12.1. The summed E-state index contributed by atoms with van der Waals surface area (Å²) in [7, 11) is 0. The van der Waals surface area contributed by atoms with Crippen molar-refractivity contribution >= 4 is 74.4 Å². The average molecular weight is 468 g/mol. The van der Waals surface area contributed by atoms with E-state index >= 15 is 0 Å². The summed E-state index contributed by atoms with van der Waals surface area (Å²) in [5.41, 5.74) is 1.72. The highest BCUT2D eigenvalue weighted by Gasteiger charge is 2.35. The van der Waals surface area contributed by atoms with Gasteiger partial charge in [-0.05, 0) is 49.4 Å². The Balaban J connectivity index is 2.09. The largest absolute Gasteiger partial charge is 0.339 e. The Bertz CT molecular complexity index is 753. The van der Waals surface area contributed by atoms with Crippen LogP contribution in [0.4, 0.5) is 5.00 Å². The van der Waals surface area contributed by atoms with E-state index in [-0.39, 0.29) is 16.9 Å². The number of carbonyl (C=O) groups is 1. The number of nitrogens with zero attached hydrogens (tertiary/aromatic N) is 1. The Morgan fingerprint density at radius 3 is 2.56 bits per heavy atom. The van der Waals surface area contributed by atoms with E-state index in [4.69, 9.17) is 47.0 Å². The van der Waals surface area contributed by atoms with Crippen LogP contribution >= 0.6 is 58.4 Å². The molecule has 0 aliphatic heterocycles. The minimum atomic E-state index is -1.80. The second-order valence-corrected chi connectivity index (χ2v) is 10.6. The maximum atomic E-state index is 12.1. The first-order valence-electron chi connectivity index (χ1n) is 8.60. The lowest BCUT2D eigenvalue weighted by Gasteiger charge is -2.28. The van der Waals surface area contributed by atoms with Gasteiger partial charge in [-0.1, -0.05) is 48.7 Å². The zero-order valence-electron chi connectivity index (χ0n) is 15.0. The Morgan fingerprint density at radius 2 is 1.96 bits per heavy atom. The molecule has 1 aromatic heterocycles. The molecular weight excluding hydrogens is 447 g/mol. The zero-order chi connectivity index (χ0) is 20.2. The van der Waals surface area contributed by atoms with Gasteiger partial charge in [0.1, 0.15) is 17.2 Å². The number of hydrogen-bond donors (Lipinski definition) is 3. The van der Waals surface area contributed by atoms with Crippen molar-refractivity contribution in [2.75, 3.05) is 5.32 Å². The molecule has 1 aliphatic rings. The summed E-state index contributed by atoms with van der Waals surface area (Å²) < 4.78 is -1.80. The van der Waals surface area contributed by atoms with Crippen LogP contribution in [0.5, 0.6) is 0 Å². The number of fused-ring (bicyclic) bond motifs is 1. The Labute approximate surface area is 183 Å². The zero-order valence-corrected chi connectivity index (χ0v) is 18.9. The van der Waals surface area contributed by atoms with Crippen molar-refractivity contribution < 1.29 is 4.79 Å². The molecule has 0 aromatic carbocycles. The third-order valence-electron chi connectivity index (χ3n) is 4.01. The number of carbonyl (C=O) groups excluding carboxylic acids is 1. The van der Waals surface area contributed by atoms with Gasteiger partial charge in [-0.2, -0.15) is 5.26 Å². The van der Waals surface area contributed by atoms with E-state index in [1.165, 1.54) is 16.2 Å². The standard InChI is InChI=1S/C17H21Cl3N4OS2/c1-9(2)7-13(25)22-15(17(18,19)20)24-16(26)23-14-11(8-21)10-5-3-4-6-12(10)27-14/h9,15H,3-7H2,1-2H3,(H,22,25)(H2,23,24,26)/t15-/m0/s1. The quantitative estimate of drug-likeness (QED) is 0.334. The number of nitriles is 1. The summed E-state index contributed by atoms with van der Waals surface area (Å²) in [6.45, 7) is 3.84. The van der Waals surface area contributed by atoms with Gasteiger partial charge in [0, 0.05) is 11.3 Å². The van der Waals surface area contributed by atoms with E-state index in [9.17, 15) is 10.1 Å². The van der Waals surface area contributed by atoms with Crippen LogP contribution in [0.15, 0.2) is 0 Å². The van der Waals surface area contributed by atoms with Gasteiger partial charge in [-0.15, -0.1) is 11.3 Å². The second-order valence-electron chi connectivity index (χ2n) is 6.77. The number of nitrogens with one attached hydrogen (secondary N) is 3. The van der Waals surface area contributed by atoms with E-state index in [0.717, 1.165) is 31.2 Å². The molecule has 1 amide bonds. The van der Waals surface area contributed by atoms with Crippen molar-refractivity contribution in [2.24, 2.45) is 5.92 Å². The molecule has 2 rings (SSSR count). The summed E-state index contributed by atoms with van der Waals surface area (Å²) in [6, 6.07) is 2.26. The molecule has 0 radical (unpaired) electrons. The summed E-state index contributed by atoms with van der Waals surface area (Å²) >= 11 is 24.8. The van der Waals surface area contributed by atoms with Crippen LogP contribution in [0, 0.1) is 17.2 Å². The Morgan fingerprint density at radius 1 is 1.30 bits per heavy atom. The van der Waals surface area contributed by atoms with Crippen LogP contribution in [0.3, 0.4) is 0 Å². The third-order valence-corrected chi connectivity index (χ3v) is 6.09. The van der Waals surface area contributed by atoms with Gasteiger partial charge in [-0.3, -0.25) is 4.79 Å². The monoisotopic (exact) mass is 466 g/mol. The molecule has 1 heterocycles. The molecule has 0 saturated carbocycles. The molecule has 3 N–H and O–H groups in total. The molecule has 0 fully saturated rings. The number of thiocarbonyl (C=S) groups is 1. The first-order valence-corrected chi connectivity index (χ1v) is 11.0. The SMILES string of the molecule is CC(C)CC(=O)N[C@@H](NC(=S)Nc1sc2c(c1C#N)CCCC2)C(Cl)(Cl)Cl. The topological polar surface area (TPSA) is 77.0 Å². The first-order chi connectivity index (χ1) is 12.6. The molecule has 148 valence electrons. The number of halogens is 3. The second kappa shape index (κ2) is 9.62. The molecule has 0 bridgehead atoms. The lowest BCUT2D eigenvalue weighted by Crippen LogP contribution is -2.56. The van der Waals surface area contributed by atoms with E-state index in [0.29, 0.717) is 17.0 Å². The van der Waals surface area contributed by atoms with E-state index < -0.39 is 9.96 Å². The van der Waals surface area contributed by atoms with Crippen LogP contribution in [-0.4, -0.2) is 21.0 Å². The smallest absolute Gasteiger partial charge is 0.228 e. The van der Waals surface area contributed by atoms with Gasteiger partial charge in [0.2, 0.25) is 9.70 Å². The van der Waals surface area contributed by atoms with Crippen molar-refractivity contribution in [3.05, 3.63) is 16.0 Å².